The lowest BCUT2D eigenvalue weighted by molar-refractivity contribution is 0.0664. The number of rotatable bonds is 3. The van der Waals surface area contributed by atoms with Crippen molar-refractivity contribution in [1.82, 2.24) is 33.9 Å². The number of carbonyl (C=O) groups is 1. The summed E-state index contributed by atoms with van der Waals surface area (Å²) in [6.45, 7) is 3.36. The topological polar surface area (TPSA) is 71.6 Å². The molecule has 8 nitrogen and oxygen atoms in total. The van der Waals surface area contributed by atoms with Gasteiger partial charge in [0.05, 0.1) is 34.9 Å². The molecule has 1 fully saturated rings. The third-order valence-electron chi connectivity index (χ3n) is 6.60. The minimum atomic E-state index is 0.0878. The van der Waals surface area contributed by atoms with E-state index in [1.165, 1.54) is 0 Å². The lowest BCUT2D eigenvalue weighted by atomic mass is 10.1. The van der Waals surface area contributed by atoms with Crippen LogP contribution in [0.15, 0.2) is 67.1 Å². The van der Waals surface area contributed by atoms with Crippen LogP contribution in [-0.2, 0) is 7.05 Å². The summed E-state index contributed by atoms with van der Waals surface area (Å²) < 4.78 is 3.87. The molecule has 3 aromatic heterocycles. The lowest BCUT2D eigenvalue weighted by Crippen LogP contribution is -2.47. The first-order valence-corrected chi connectivity index (χ1v) is 11.4. The fourth-order valence-corrected chi connectivity index (χ4v) is 4.50. The first-order valence-electron chi connectivity index (χ1n) is 11.4. The quantitative estimate of drug-likeness (QED) is 0.421. The number of hydrogen-bond acceptors (Lipinski definition) is 5. The van der Waals surface area contributed by atoms with Crippen molar-refractivity contribution in [2.45, 2.75) is 0 Å². The van der Waals surface area contributed by atoms with Crippen molar-refractivity contribution >= 4 is 22.6 Å². The molecule has 0 unspecified atom stereocenters. The normalized spacial score (nSPS) is 14.8. The number of aryl methyl sites for hydroxylation is 1. The zero-order chi connectivity index (χ0) is 23.2. The summed E-state index contributed by atoms with van der Waals surface area (Å²) in [5, 5.41) is 4.87. The molecule has 170 valence electrons. The van der Waals surface area contributed by atoms with Crippen LogP contribution in [0.4, 0.5) is 0 Å². The predicted octanol–water partition coefficient (Wildman–Crippen LogP) is 3.34. The van der Waals surface area contributed by atoms with Gasteiger partial charge in [-0.15, -0.1) is 0 Å². The number of carbonyl (C=O) groups excluding carboxylic acids is 1. The maximum absolute atomic E-state index is 12.9. The van der Waals surface area contributed by atoms with Gasteiger partial charge in [0.15, 0.2) is 5.65 Å². The van der Waals surface area contributed by atoms with E-state index in [0.29, 0.717) is 5.56 Å². The molecule has 1 aliphatic heterocycles. The van der Waals surface area contributed by atoms with E-state index in [-0.39, 0.29) is 5.91 Å². The molecule has 0 radical (unpaired) electrons. The van der Waals surface area contributed by atoms with Gasteiger partial charge in [0, 0.05) is 49.9 Å². The summed E-state index contributed by atoms with van der Waals surface area (Å²) in [6, 6.07) is 17.8. The first kappa shape index (κ1) is 20.6. The molecule has 1 saturated heterocycles. The van der Waals surface area contributed by atoms with Crippen molar-refractivity contribution in [3.05, 3.63) is 72.7 Å². The van der Waals surface area contributed by atoms with Crippen LogP contribution in [0.25, 0.3) is 39.2 Å². The summed E-state index contributed by atoms with van der Waals surface area (Å²) in [5.41, 5.74) is 7.20. The second kappa shape index (κ2) is 8.07. The molecule has 0 atom stereocenters. The first-order chi connectivity index (χ1) is 16.6. The van der Waals surface area contributed by atoms with Crippen molar-refractivity contribution in [1.29, 1.82) is 0 Å². The van der Waals surface area contributed by atoms with Gasteiger partial charge in [-0.25, -0.2) is 14.5 Å². The Bertz CT molecular complexity index is 1510. The number of imidazole rings is 2. The number of aromatic nitrogens is 5. The van der Waals surface area contributed by atoms with E-state index in [4.69, 9.17) is 5.10 Å². The zero-order valence-corrected chi connectivity index (χ0v) is 19.2. The third-order valence-corrected chi connectivity index (χ3v) is 6.60. The van der Waals surface area contributed by atoms with Crippen LogP contribution in [0.1, 0.15) is 10.4 Å². The van der Waals surface area contributed by atoms with Gasteiger partial charge in [0.25, 0.3) is 5.91 Å². The highest BCUT2D eigenvalue weighted by Crippen LogP contribution is 2.26. The van der Waals surface area contributed by atoms with Crippen LogP contribution >= 0.6 is 0 Å². The number of piperazine rings is 1. The van der Waals surface area contributed by atoms with Crippen LogP contribution < -0.4 is 0 Å². The maximum Gasteiger partial charge on any atom is 0.253 e. The van der Waals surface area contributed by atoms with E-state index in [9.17, 15) is 4.79 Å². The molecule has 4 heterocycles. The summed E-state index contributed by atoms with van der Waals surface area (Å²) >= 11 is 0. The Hall–Kier alpha value is -4.04. The van der Waals surface area contributed by atoms with Crippen molar-refractivity contribution in [2.75, 3.05) is 33.2 Å². The third kappa shape index (κ3) is 3.52. The molecule has 8 heteroatoms. The summed E-state index contributed by atoms with van der Waals surface area (Å²) in [6.07, 6.45) is 3.66. The maximum atomic E-state index is 12.9. The van der Waals surface area contributed by atoms with Gasteiger partial charge in [-0.1, -0.05) is 18.2 Å². The summed E-state index contributed by atoms with van der Waals surface area (Å²) in [7, 11) is 4.07. The fourth-order valence-electron chi connectivity index (χ4n) is 4.50. The molecule has 0 aliphatic carbocycles. The van der Waals surface area contributed by atoms with Crippen molar-refractivity contribution < 1.29 is 4.79 Å². The highest BCUT2D eigenvalue weighted by Gasteiger charge is 2.20. The van der Waals surface area contributed by atoms with Crippen molar-refractivity contribution in [3.8, 4) is 22.5 Å². The number of hydrogen-bond donors (Lipinski definition) is 0. The van der Waals surface area contributed by atoms with E-state index >= 15 is 0 Å². The van der Waals surface area contributed by atoms with Gasteiger partial charge >= 0.3 is 0 Å². The van der Waals surface area contributed by atoms with E-state index < -0.39 is 0 Å². The molecule has 0 N–H and O–H groups in total. The van der Waals surface area contributed by atoms with Crippen LogP contribution in [-0.4, -0.2) is 73.1 Å². The average molecular weight is 452 g/mol. The molecule has 1 aliphatic rings. The van der Waals surface area contributed by atoms with Gasteiger partial charge in [-0.05, 0) is 43.4 Å². The number of likely N-dealkylation sites (N-methyl/N-ethyl adjacent to an activating group) is 1. The highest BCUT2D eigenvalue weighted by molar-refractivity contribution is 5.94. The van der Waals surface area contributed by atoms with E-state index in [1.54, 1.807) is 0 Å². The summed E-state index contributed by atoms with van der Waals surface area (Å²) in [5.74, 6) is 0.0878. The number of nitrogens with zero attached hydrogens (tertiary/aromatic N) is 7. The molecule has 5 aromatic rings. The molecule has 0 saturated carbocycles. The number of benzene rings is 2. The Morgan fingerprint density at radius 2 is 1.62 bits per heavy atom. The Kier molecular flexibility index (Phi) is 4.88. The van der Waals surface area contributed by atoms with Crippen molar-refractivity contribution in [2.24, 2.45) is 7.05 Å². The molecule has 1 amide bonds. The molecule has 0 bridgehead atoms. The second-order valence-electron chi connectivity index (χ2n) is 8.86. The zero-order valence-electron chi connectivity index (χ0n) is 19.2. The van der Waals surface area contributed by atoms with Crippen LogP contribution in [0.5, 0.6) is 0 Å². The van der Waals surface area contributed by atoms with Crippen LogP contribution in [0, 0.1) is 0 Å². The standard InChI is InChI=1S/C26H25N7O/c1-30-11-13-32(14-12-30)26(34)19-5-3-18(4-6-19)21-8-10-25-27-16-24(33(25)29-21)20-7-9-23-22(15-20)28-17-31(23)2/h3-10,15-17H,11-14H2,1-2H3. The fraction of sp³-hybridized carbons (Fsp3) is 0.231. The predicted molar refractivity (Wildman–Crippen MR) is 132 cm³/mol. The SMILES string of the molecule is CN1CCN(C(=O)c2ccc(-c3ccc4ncc(-c5ccc6c(c5)ncn6C)n4n3)cc2)CC1. The Morgan fingerprint density at radius 3 is 2.41 bits per heavy atom. The van der Waals surface area contributed by atoms with Crippen LogP contribution in [0.2, 0.25) is 0 Å². The largest absolute Gasteiger partial charge is 0.336 e. The smallest absolute Gasteiger partial charge is 0.253 e. The molecule has 6 rings (SSSR count). The Balaban J connectivity index is 1.30. The Morgan fingerprint density at radius 1 is 0.853 bits per heavy atom. The lowest BCUT2D eigenvalue weighted by Gasteiger charge is -2.32. The van der Waals surface area contributed by atoms with Gasteiger partial charge in [0.2, 0.25) is 0 Å². The molecule has 2 aromatic carbocycles. The van der Waals surface area contributed by atoms with Crippen LogP contribution in [0.3, 0.4) is 0 Å². The molecular weight excluding hydrogens is 426 g/mol. The minimum Gasteiger partial charge on any atom is -0.336 e. The Labute approximate surface area is 197 Å². The van der Waals surface area contributed by atoms with E-state index in [0.717, 1.165) is 65.4 Å². The second-order valence-corrected chi connectivity index (χ2v) is 8.86. The summed E-state index contributed by atoms with van der Waals surface area (Å²) in [4.78, 5) is 26.0. The monoisotopic (exact) mass is 451 g/mol. The molecule has 34 heavy (non-hydrogen) atoms. The van der Waals surface area contributed by atoms with E-state index in [2.05, 4.69) is 40.1 Å². The number of fused-ring (bicyclic) bond motifs is 2. The average Bonchev–Trinajstić information content (AvgIpc) is 3.47. The van der Waals surface area contributed by atoms with Gasteiger partial charge in [0.1, 0.15) is 0 Å². The number of amides is 1. The molecule has 0 spiro atoms. The van der Waals surface area contributed by atoms with Gasteiger partial charge in [-0.2, -0.15) is 5.10 Å². The van der Waals surface area contributed by atoms with E-state index in [1.807, 2.05) is 70.0 Å². The van der Waals surface area contributed by atoms with Gasteiger partial charge in [-0.3, -0.25) is 4.79 Å². The van der Waals surface area contributed by atoms with Gasteiger partial charge < -0.3 is 14.4 Å². The van der Waals surface area contributed by atoms with Crippen molar-refractivity contribution in [3.63, 3.8) is 0 Å². The highest BCUT2D eigenvalue weighted by atomic mass is 16.2. The molecular formula is C26H25N7O. The minimum absolute atomic E-state index is 0.0878.